The highest BCUT2D eigenvalue weighted by Gasteiger charge is 2.09. The Balaban J connectivity index is 0.00000312. The van der Waals surface area contributed by atoms with Crippen molar-refractivity contribution in [2.24, 2.45) is 4.99 Å². The van der Waals surface area contributed by atoms with Crippen molar-refractivity contribution in [3.05, 3.63) is 24.2 Å². The number of carbonyl (C=O) groups excluding carboxylic acids is 1. The summed E-state index contributed by atoms with van der Waals surface area (Å²) in [5, 5.41) is 9.25. The third kappa shape index (κ3) is 9.10. The molecule has 1 fully saturated rings. The van der Waals surface area contributed by atoms with Crippen LogP contribution in [-0.2, 0) is 11.3 Å². The molecule has 1 aliphatic rings. The van der Waals surface area contributed by atoms with Crippen LogP contribution in [0.25, 0.3) is 0 Å². The fraction of sp³-hybridized carbons (Fsp3) is 0.647. The number of hydrogen-bond donors (Lipinski definition) is 3. The third-order valence-electron chi connectivity index (χ3n) is 3.93. The zero-order valence-electron chi connectivity index (χ0n) is 14.9. The normalized spacial score (nSPS) is 15.3. The van der Waals surface area contributed by atoms with E-state index in [1.807, 2.05) is 13.0 Å². The van der Waals surface area contributed by atoms with Crippen LogP contribution in [0.1, 0.15) is 31.9 Å². The molecule has 1 amide bonds. The number of likely N-dealkylation sites (tertiary alicyclic amines) is 1. The maximum absolute atomic E-state index is 11.8. The summed E-state index contributed by atoms with van der Waals surface area (Å²) in [6.07, 6.45) is 5.53. The van der Waals surface area contributed by atoms with E-state index in [2.05, 4.69) is 25.8 Å². The monoisotopic (exact) mass is 463 g/mol. The van der Waals surface area contributed by atoms with Gasteiger partial charge in [0, 0.05) is 19.6 Å². The summed E-state index contributed by atoms with van der Waals surface area (Å²) in [5.41, 5.74) is 0. The number of nitrogens with zero attached hydrogens (tertiary/aromatic N) is 2. The Hall–Kier alpha value is -1.29. The average Bonchev–Trinajstić information content (AvgIpc) is 3.12. The van der Waals surface area contributed by atoms with E-state index < -0.39 is 0 Å². The predicted molar refractivity (Wildman–Crippen MR) is 110 cm³/mol. The van der Waals surface area contributed by atoms with Crippen LogP contribution < -0.4 is 16.0 Å². The molecule has 0 spiro atoms. The maximum atomic E-state index is 11.8. The van der Waals surface area contributed by atoms with Crippen molar-refractivity contribution in [1.29, 1.82) is 0 Å². The van der Waals surface area contributed by atoms with Crippen molar-refractivity contribution >= 4 is 35.8 Å². The van der Waals surface area contributed by atoms with Gasteiger partial charge in [0.05, 0.1) is 12.8 Å². The molecule has 0 unspecified atom stereocenters. The van der Waals surface area contributed by atoms with Gasteiger partial charge in [0.25, 0.3) is 0 Å². The van der Waals surface area contributed by atoms with Crippen LogP contribution in [0.2, 0.25) is 0 Å². The van der Waals surface area contributed by atoms with Gasteiger partial charge in [0.1, 0.15) is 12.3 Å². The second-order valence-corrected chi connectivity index (χ2v) is 5.88. The molecule has 0 bridgehead atoms. The molecule has 0 saturated carbocycles. The average molecular weight is 463 g/mol. The second kappa shape index (κ2) is 13.0. The molecule has 3 N–H and O–H groups in total. The van der Waals surface area contributed by atoms with Gasteiger partial charge in [0.15, 0.2) is 5.96 Å². The van der Waals surface area contributed by atoms with E-state index in [9.17, 15) is 4.79 Å². The lowest BCUT2D eigenvalue weighted by Crippen LogP contribution is -2.43. The predicted octanol–water partition coefficient (Wildman–Crippen LogP) is 1.55. The second-order valence-electron chi connectivity index (χ2n) is 5.88. The first-order chi connectivity index (χ1) is 11.8. The van der Waals surface area contributed by atoms with Crippen molar-refractivity contribution in [2.75, 3.05) is 39.3 Å². The van der Waals surface area contributed by atoms with Gasteiger partial charge in [0.2, 0.25) is 5.91 Å². The van der Waals surface area contributed by atoms with Gasteiger partial charge < -0.3 is 25.3 Å². The minimum Gasteiger partial charge on any atom is -0.467 e. The molecule has 2 heterocycles. The fourth-order valence-corrected chi connectivity index (χ4v) is 2.66. The van der Waals surface area contributed by atoms with Gasteiger partial charge in [-0.1, -0.05) is 6.42 Å². The minimum atomic E-state index is -0.125. The van der Waals surface area contributed by atoms with E-state index >= 15 is 0 Å². The highest BCUT2D eigenvalue weighted by molar-refractivity contribution is 14.0. The Labute approximate surface area is 167 Å². The number of piperidine rings is 1. The Morgan fingerprint density at radius 3 is 2.72 bits per heavy atom. The van der Waals surface area contributed by atoms with Crippen molar-refractivity contribution in [2.45, 2.75) is 32.7 Å². The fourth-order valence-electron chi connectivity index (χ4n) is 2.66. The smallest absolute Gasteiger partial charge is 0.242 e. The molecule has 0 atom stereocenters. The molecule has 0 radical (unpaired) electrons. The first-order valence-electron chi connectivity index (χ1n) is 8.81. The lowest BCUT2D eigenvalue weighted by atomic mass is 10.1. The van der Waals surface area contributed by atoms with E-state index in [-0.39, 0.29) is 36.4 Å². The Morgan fingerprint density at radius 1 is 1.24 bits per heavy atom. The van der Waals surface area contributed by atoms with Crippen LogP contribution in [0, 0.1) is 0 Å². The molecule has 7 nitrogen and oxygen atoms in total. The standard InChI is InChI=1S/C17H29N5O2.HI/c1-2-18-17(19-8-11-22-9-4-3-5-10-22)21-14-16(23)20-13-15-7-6-12-24-15;/h6-7,12H,2-5,8-11,13-14H2,1H3,(H,20,23)(H2,18,19,21);1H. The van der Waals surface area contributed by atoms with Crippen molar-refractivity contribution in [3.63, 3.8) is 0 Å². The Bertz CT molecular complexity index is 501. The van der Waals surface area contributed by atoms with E-state index in [0.29, 0.717) is 12.5 Å². The lowest BCUT2D eigenvalue weighted by molar-refractivity contribution is -0.119. The largest absolute Gasteiger partial charge is 0.467 e. The van der Waals surface area contributed by atoms with Crippen LogP contribution in [0.3, 0.4) is 0 Å². The maximum Gasteiger partial charge on any atom is 0.242 e. The molecule has 1 saturated heterocycles. The van der Waals surface area contributed by atoms with Gasteiger partial charge in [-0.2, -0.15) is 0 Å². The number of rotatable bonds is 8. The van der Waals surface area contributed by atoms with Crippen molar-refractivity contribution in [1.82, 2.24) is 20.9 Å². The summed E-state index contributed by atoms with van der Waals surface area (Å²) in [4.78, 5) is 18.6. The number of halogens is 1. The summed E-state index contributed by atoms with van der Waals surface area (Å²) in [6, 6.07) is 3.63. The van der Waals surface area contributed by atoms with Gasteiger partial charge in [-0.25, -0.2) is 4.99 Å². The number of carbonyl (C=O) groups is 1. The van der Waals surface area contributed by atoms with Gasteiger partial charge in [-0.05, 0) is 45.0 Å². The molecule has 142 valence electrons. The summed E-state index contributed by atoms with van der Waals surface area (Å²) < 4.78 is 5.18. The van der Waals surface area contributed by atoms with Gasteiger partial charge >= 0.3 is 0 Å². The molecule has 8 heteroatoms. The van der Waals surface area contributed by atoms with E-state index in [4.69, 9.17) is 4.42 Å². The summed E-state index contributed by atoms with van der Waals surface area (Å²) in [5.74, 6) is 1.29. The van der Waals surface area contributed by atoms with Gasteiger partial charge in [-0.15, -0.1) is 24.0 Å². The third-order valence-corrected chi connectivity index (χ3v) is 3.93. The van der Waals surface area contributed by atoms with Crippen LogP contribution in [-0.4, -0.2) is 56.0 Å². The molecule has 0 aliphatic carbocycles. The molecular formula is C17H30IN5O2. The van der Waals surface area contributed by atoms with E-state index in [0.717, 1.165) is 25.4 Å². The molecule has 1 aliphatic heterocycles. The number of nitrogens with one attached hydrogen (secondary N) is 3. The molecule has 2 rings (SSSR count). The van der Waals surface area contributed by atoms with Crippen molar-refractivity contribution < 1.29 is 9.21 Å². The SMILES string of the molecule is CCNC(=NCC(=O)NCc1ccco1)NCCN1CCCCC1.I. The lowest BCUT2D eigenvalue weighted by Gasteiger charge is -2.26. The molecule has 25 heavy (non-hydrogen) atoms. The highest BCUT2D eigenvalue weighted by atomic mass is 127. The highest BCUT2D eigenvalue weighted by Crippen LogP contribution is 2.07. The zero-order valence-corrected chi connectivity index (χ0v) is 17.3. The topological polar surface area (TPSA) is 81.9 Å². The van der Waals surface area contributed by atoms with E-state index in [1.54, 1.807) is 12.3 Å². The number of aliphatic imine (C=N–C) groups is 1. The summed E-state index contributed by atoms with van der Waals surface area (Å²) in [7, 11) is 0. The number of furan rings is 1. The molecule has 1 aromatic rings. The summed E-state index contributed by atoms with van der Waals surface area (Å²) in [6.45, 7) is 7.48. The number of guanidine groups is 1. The zero-order chi connectivity index (χ0) is 17.0. The van der Waals surface area contributed by atoms with Crippen LogP contribution in [0.5, 0.6) is 0 Å². The van der Waals surface area contributed by atoms with Gasteiger partial charge in [-0.3, -0.25) is 4.79 Å². The van der Waals surface area contributed by atoms with Crippen LogP contribution in [0.15, 0.2) is 27.8 Å². The van der Waals surface area contributed by atoms with Crippen molar-refractivity contribution in [3.8, 4) is 0 Å². The first kappa shape index (κ1) is 21.8. The molecule has 1 aromatic heterocycles. The van der Waals surface area contributed by atoms with E-state index in [1.165, 1.54) is 32.4 Å². The Kier molecular flexibility index (Phi) is 11.3. The molecular weight excluding hydrogens is 433 g/mol. The first-order valence-corrected chi connectivity index (χ1v) is 8.81. The number of amides is 1. The number of hydrogen-bond acceptors (Lipinski definition) is 4. The molecule has 0 aromatic carbocycles. The quantitative estimate of drug-likeness (QED) is 0.310. The minimum absolute atomic E-state index is 0. The Morgan fingerprint density at radius 2 is 2.04 bits per heavy atom. The van der Waals surface area contributed by atoms with Crippen LogP contribution >= 0.6 is 24.0 Å². The summed E-state index contributed by atoms with van der Waals surface area (Å²) >= 11 is 0. The van der Waals surface area contributed by atoms with Crippen LogP contribution in [0.4, 0.5) is 0 Å².